The molecule has 110 valence electrons. The van der Waals surface area contributed by atoms with Crippen LogP contribution in [0.25, 0.3) is 6.08 Å². The zero-order valence-corrected chi connectivity index (χ0v) is 13.3. The lowest BCUT2D eigenvalue weighted by molar-refractivity contribution is -0.116. The molecule has 0 aliphatic carbocycles. The van der Waals surface area contributed by atoms with Crippen molar-refractivity contribution in [2.75, 3.05) is 26.2 Å². The summed E-state index contributed by atoms with van der Waals surface area (Å²) in [5, 5.41) is 3.96. The average Bonchev–Trinajstić information content (AvgIpc) is 2.42. The van der Waals surface area contributed by atoms with E-state index in [2.05, 4.69) is 24.1 Å². The number of carbonyl (C=O) groups is 1. The molecule has 0 radical (unpaired) electrons. The van der Waals surface area contributed by atoms with Gasteiger partial charge in [0, 0.05) is 29.2 Å². The molecule has 1 N–H and O–H groups in total. The number of benzene rings is 1. The highest BCUT2D eigenvalue weighted by Gasteiger charge is 2.01. The Balaban J connectivity index is 2.43. The molecule has 0 heterocycles. The number of hydrogen-bond donors (Lipinski definition) is 1. The van der Waals surface area contributed by atoms with E-state index >= 15 is 0 Å². The van der Waals surface area contributed by atoms with Gasteiger partial charge >= 0.3 is 0 Å². The van der Waals surface area contributed by atoms with Gasteiger partial charge in [-0.3, -0.25) is 4.79 Å². The van der Waals surface area contributed by atoms with Gasteiger partial charge in [-0.25, -0.2) is 0 Å². The normalized spacial score (nSPS) is 11.2. The van der Waals surface area contributed by atoms with E-state index in [0.717, 1.165) is 25.2 Å². The van der Waals surface area contributed by atoms with Crippen LogP contribution in [0.15, 0.2) is 24.3 Å². The van der Waals surface area contributed by atoms with E-state index in [4.69, 9.17) is 23.2 Å². The van der Waals surface area contributed by atoms with Crippen molar-refractivity contribution in [3.05, 3.63) is 39.9 Å². The third-order valence-electron chi connectivity index (χ3n) is 3.00. The number of halogens is 2. The summed E-state index contributed by atoms with van der Waals surface area (Å²) in [6.45, 7) is 7.68. The SMILES string of the molecule is CCN(CC)CCNC(=O)/C=C/c1ccc(Cl)cc1Cl. The molecule has 0 aliphatic heterocycles. The Morgan fingerprint density at radius 2 is 2.00 bits per heavy atom. The molecule has 0 spiro atoms. The smallest absolute Gasteiger partial charge is 0.244 e. The van der Waals surface area contributed by atoms with Gasteiger partial charge in [-0.15, -0.1) is 0 Å². The third-order valence-corrected chi connectivity index (χ3v) is 3.56. The summed E-state index contributed by atoms with van der Waals surface area (Å²) in [5.41, 5.74) is 0.773. The van der Waals surface area contributed by atoms with E-state index in [1.807, 2.05) is 0 Å². The van der Waals surface area contributed by atoms with Crippen LogP contribution < -0.4 is 5.32 Å². The second-order valence-electron chi connectivity index (χ2n) is 4.32. The first-order valence-corrected chi connectivity index (χ1v) is 7.45. The van der Waals surface area contributed by atoms with Crippen LogP contribution in [0.5, 0.6) is 0 Å². The molecule has 0 aromatic heterocycles. The summed E-state index contributed by atoms with van der Waals surface area (Å²) in [7, 11) is 0. The quantitative estimate of drug-likeness (QED) is 0.782. The van der Waals surface area contributed by atoms with E-state index in [9.17, 15) is 4.79 Å². The van der Waals surface area contributed by atoms with Crippen LogP contribution in [-0.2, 0) is 4.79 Å². The van der Waals surface area contributed by atoms with Gasteiger partial charge in [0.2, 0.25) is 5.91 Å². The van der Waals surface area contributed by atoms with Gasteiger partial charge in [-0.2, -0.15) is 0 Å². The summed E-state index contributed by atoms with van der Waals surface area (Å²) in [6.07, 6.45) is 3.17. The fourth-order valence-electron chi connectivity index (χ4n) is 1.74. The van der Waals surface area contributed by atoms with E-state index in [-0.39, 0.29) is 5.91 Å². The van der Waals surface area contributed by atoms with Crippen LogP contribution in [0.3, 0.4) is 0 Å². The standard InChI is InChI=1S/C15H20Cl2N2O/c1-3-19(4-2)10-9-18-15(20)8-6-12-5-7-13(16)11-14(12)17/h5-8,11H,3-4,9-10H2,1-2H3,(H,18,20)/b8-6+. The summed E-state index contributed by atoms with van der Waals surface area (Å²) < 4.78 is 0. The maximum atomic E-state index is 11.7. The van der Waals surface area contributed by atoms with E-state index in [1.165, 1.54) is 6.08 Å². The summed E-state index contributed by atoms with van der Waals surface area (Å²) in [5.74, 6) is -0.122. The number of amides is 1. The van der Waals surface area contributed by atoms with Crippen molar-refractivity contribution in [2.45, 2.75) is 13.8 Å². The first kappa shape index (κ1) is 17.0. The van der Waals surface area contributed by atoms with Crippen molar-refractivity contribution in [2.24, 2.45) is 0 Å². The Labute approximate surface area is 130 Å². The average molecular weight is 315 g/mol. The summed E-state index contributed by atoms with van der Waals surface area (Å²) in [4.78, 5) is 13.9. The lowest BCUT2D eigenvalue weighted by Crippen LogP contribution is -2.34. The van der Waals surface area contributed by atoms with Crippen LogP contribution in [0.4, 0.5) is 0 Å². The van der Waals surface area contributed by atoms with Gasteiger partial charge < -0.3 is 10.2 Å². The molecule has 20 heavy (non-hydrogen) atoms. The predicted molar refractivity (Wildman–Crippen MR) is 86.3 cm³/mol. The highest BCUT2D eigenvalue weighted by molar-refractivity contribution is 6.35. The zero-order valence-electron chi connectivity index (χ0n) is 11.8. The second-order valence-corrected chi connectivity index (χ2v) is 5.16. The fraction of sp³-hybridized carbons (Fsp3) is 0.400. The molecule has 0 unspecified atom stereocenters. The number of hydrogen-bond acceptors (Lipinski definition) is 2. The Hall–Kier alpha value is -1.03. The van der Waals surface area contributed by atoms with Crippen molar-refractivity contribution in [1.29, 1.82) is 0 Å². The topological polar surface area (TPSA) is 32.3 Å². The van der Waals surface area contributed by atoms with Crippen LogP contribution in [0.2, 0.25) is 10.0 Å². The lowest BCUT2D eigenvalue weighted by Gasteiger charge is -2.17. The largest absolute Gasteiger partial charge is 0.351 e. The Bertz CT molecular complexity index is 471. The molecule has 1 amide bonds. The molecule has 0 bridgehead atoms. The minimum atomic E-state index is -0.122. The summed E-state index contributed by atoms with van der Waals surface area (Å²) >= 11 is 11.8. The maximum Gasteiger partial charge on any atom is 0.244 e. The van der Waals surface area contributed by atoms with Crippen molar-refractivity contribution in [3.8, 4) is 0 Å². The first-order chi connectivity index (χ1) is 9.56. The van der Waals surface area contributed by atoms with E-state index in [1.54, 1.807) is 24.3 Å². The summed E-state index contributed by atoms with van der Waals surface area (Å²) in [6, 6.07) is 5.18. The van der Waals surface area contributed by atoms with Gasteiger partial charge in [0.1, 0.15) is 0 Å². The van der Waals surface area contributed by atoms with Gasteiger partial charge in [0.05, 0.1) is 0 Å². The van der Waals surface area contributed by atoms with Crippen LogP contribution in [0, 0.1) is 0 Å². The van der Waals surface area contributed by atoms with Gasteiger partial charge in [0.15, 0.2) is 0 Å². The number of nitrogens with one attached hydrogen (secondary N) is 1. The number of rotatable bonds is 7. The number of carbonyl (C=O) groups excluding carboxylic acids is 1. The molecule has 0 atom stereocenters. The van der Waals surface area contributed by atoms with Crippen molar-refractivity contribution < 1.29 is 4.79 Å². The van der Waals surface area contributed by atoms with Crippen molar-refractivity contribution >= 4 is 35.2 Å². The highest BCUT2D eigenvalue weighted by atomic mass is 35.5. The number of nitrogens with zero attached hydrogens (tertiary/aromatic N) is 1. The van der Waals surface area contributed by atoms with E-state index in [0.29, 0.717) is 16.6 Å². The minimum absolute atomic E-state index is 0.122. The maximum absolute atomic E-state index is 11.7. The highest BCUT2D eigenvalue weighted by Crippen LogP contribution is 2.21. The molecule has 5 heteroatoms. The Morgan fingerprint density at radius 1 is 1.30 bits per heavy atom. The zero-order chi connectivity index (χ0) is 15.0. The van der Waals surface area contributed by atoms with Crippen molar-refractivity contribution in [3.63, 3.8) is 0 Å². The van der Waals surface area contributed by atoms with Crippen LogP contribution >= 0.6 is 23.2 Å². The Kier molecular flexibility index (Phi) is 7.67. The molecular formula is C15H20Cl2N2O. The molecule has 3 nitrogen and oxygen atoms in total. The molecule has 0 aliphatic rings. The number of likely N-dealkylation sites (N-methyl/N-ethyl adjacent to an activating group) is 1. The fourth-order valence-corrected chi connectivity index (χ4v) is 2.21. The van der Waals surface area contributed by atoms with Gasteiger partial charge in [-0.1, -0.05) is 43.1 Å². The molecule has 0 saturated heterocycles. The molecule has 0 saturated carbocycles. The molecule has 1 aromatic rings. The minimum Gasteiger partial charge on any atom is -0.351 e. The second kappa shape index (κ2) is 9.01. The molecule has 1 rings (SSSR count). The van der Waals surface area contributed by atoms with Crippen LogP contribution in [-0.4, -0.2) is 37.0 Å². The third kappa shape index (κ3) is 5.95. The monoisotopic (exact) mass is 314 g/mol. The lowest BCUT2D eigenvalue weighted by atomic mass is 10.2. The van der Waals surface area contributed by atoms with Crippen LogP contribution in [0.1, 0.15) is 19.4 Å². The van der Waals surface area contributed by atoms with E-state index < -0.39 is 0 Å². The first-order valence-electron chi connectivity index (χ1n) is 6.70. The Morgan fingerprint density at radius 3 is 2.60 bits per heavy atom. The predicted octanol–water partition coefficient (Wildman–Crippen LogP) is 3.46. The molecule has 1 aromatic carbocycles. The van der Waals surface area contributed by atoms with Gasteiger partial charge in [0.25, 0.3) is 0 Å². The molecule has 0 fully saturated rings. The van der Waals surface area contributed by atoms with Gasteiger partial charge in [-0.05, 0) is 36.9 Å². The molecular weight excluding hydrogens is 295 g/mol. The van der Waals surface area contributed by atoms with Crippen molar-refractivity contribution in [1.82, 2.24) is 10.2 Å².